The lowest BCUT2D eigenvalue weighted by Gasteiger charge is -2.14. The topological polar surface area (TPSA) is 57.5 Å². The molecule has 0 radical (unpaired) electrons. The van der Waals surface area contributed by atoms with Crippen molar-refractivity contribution in [3.05, 3.63) is 29.3 Å². The molecule has 1 aromatic carbocycles. The molecule has 0 aliphatic carbocycles. The summed E-state index contributed by atoms with van der Waals surface area (Å²) in [5, 5.41) is 18.9. The number of para-hydroxylation sites is 1. The average molecular weight is 250 g/mol. The first-order valence-corrected chi connectivity index (χ1v) is 6.63. The lowest BCUT2D eigenvalue weighted by Crippen LogP contribution is -2.01. The van der Waals surface area contributed by atoms with Gasteiger partial charge in [-0.1, -0.05) is 51.7 Å². The molecule has 0 bridgehead atoms. The third-order valence-electron chi connectivity index (χ3n) is 3.32. The minimum Gasteiger partial charge on any atom is -0.507 e. The molecule has 0 spiro atoms. The fraction of sp³-hybridized carbons (Fsp3) is 0.533. The molecule has 1 unspecified atom stereocenters. The van der Waals surface area contributed by atoms with E-state index in [0.717, 1.165) is 18.4 Å². The number of aromatic carboxylic acids is 1. The predicted octanol–water partition coefficient (Wildman–Crippen LogP) is 4.16. The Morgan fingerprint density at radius 2 is 2.00 bits per heavy atom. The molecule has 0 aliphatic heterocycles. The SMILES string of the molecule is CCCCCCC(C)c1cccc(C(=O)O)c1O. The number of hydrogen-bond donors (Lipinski definition) is 2. The maximum atomic E-state index is 10.9. The molecule has 100 valence electrons. The smallest absolute Gasteiger partial charge is 0.339 e. The molecule has 1 rings (SSSR count). The highest BCUT2D eigenvalue weighted by Crippen LogP contribution is 2.32. The molecule has 18 heavy (non-hydrogen) atoms. The molecule has 0 aliphatic rings. The van der Waals surface area contributed by atoms with Gasteiger partial charge in [-0.3, -0.25) is 0 Å². The van der Waals surface area contributed by atoms with Crippen LogP contribution >= 0.6 is 0 Å². The summed E-state index contributed by atoms with van der Waals surface area (Å²) in [6.45, 7) is 4.21. The Balaban J connectivity index is 2.70. The van der Waals surface area contributed by atoms with Crippen LogP contribution in [0.15, 0.2) is 18.2 Å². The van der Waals surface area contributed by atoms with E-state index in [0.29, 0.717) is 0 Å². The molecular weight excluding hydrogens is 228 g/mol. The van der Waals surface area contributed by atoms with Crippen molar-refractivity contribution in [2.75, 3.05) is 0 Å². The van der Waals surface area contributed by atoms with Gasteiger partial charge in [0.05, 0.1) is 0 Å². The number of unbranched alkanes of at least 4 members (excludes halogenated alkanes) is 3. The van der Waals surface area contributed by atoms with Crippen LogP contribution in [0.2, 0.25) is 0 Å². The Hall–Kier alpha value is -1.51. The lowest BCUT2D eigenvalue weighted by molar-refractivity contribution is 0.0693. The van der Waals surface area contributed by atoms with Gasteiger partial charge in [-0.15, -0.1) is 0 Å². The van der Waals surface area contributed by atoms with Crippen molar-refractivity contribution in [2.45, 2.75) is 51.9 Å². The van der Waals surface area contributed by atoms with Crippen LogP contribution in [0, 0.1) is 0 Å². The molecule has 0 saturated carbocycles. The van der Waals surface area contributed by atoms with Crippen molar-refractivity contribution >= 4 is 5.97 Å². The second-order valence-electron chi connectivity index (χ2n) is 4.80. The molecule has 1 aromatic rings. The van der Waals surface area contributed by atoms with Gasteiger partial charge < -0.3 is 10.2 Å². The zero-order valence-electron chi connectivity index (χ0n) is 11.1. The first-order chi connectivity index (χ1) is 8.57. The molecule has 0 aromatic heterocycles. The van der Waals surface area contributed by atoms with Crippen molar-refractivity contribution in [1.29, 1.82) is 0 Å². The third kappa shape index (κ3) is 3.76. The molecule has 0 saturated heterocycles. The van der Waals surface area contributed by atoms with Crippen LogP contribution in [0.25, 0.3) is 0 Å². The number of carbonyl (C=O) groups is 1. The standard InChI is InChI=1S/C15H22O3/c1-3-4-5-6-8-11(2)12-9-7-10-13(14(12)16)15(17)18/h7,9-11,16H,3-6,8H2,1-2H3,(H,17,18). The second kappa shape index (κ2) is 7.04. The van der Waals surface area contributed by atoms with E-state index in [4.69, 9.17) is 5.11 Å². The highest BCUT2D eigenvalue weighted by molar-refractivity contribution is 5.91. The Labute approximate surface area is 108 Å². The highest BCUT2D eigenvalue weighted by Gasteiger charge is 2.16. The molecule has 2 N–H and O–H groups in total. The Morgan fingerprint density at radius 1 is 1.28 bits per heavy atom. The van der Waals surface area contributed by atoms with Gasteiger partial charge in [0.2, 0.25) is 0 Å². The van der Waals surface area contributed by atoms with Crippen LogP contribution in [-0.2, 0) is 0 Å². The summed E-state index contributed by atoms with van der Waals surface area (Å²) in [6, 6.07) is 4.94. The number of phenols is 1. The largest absolute Gasteiger partial charge is 0.507 e. The van der Waals surface area contributed by atoms with E-state index in [1.54, 1.807) is 6.07 Å². The van der Waals surface area contributed by atoms with Crippen LogP contribution in [-0.4, -0.2) is 16.2 Å². The van der Waals surface area contributed by atoms with E-state index in [2.05, 4.69) is 6.92 Å². The highest BCUT2D eigenvalue weighted by atomic mass is 16.4. The van der Waals surface area contributed by atoms with Crippen molar-refractivity contribution in [3.63, 3.8) is 0 Å². The number of rotatable bonds is 7. The van der Waals surface area contributed by atoms with Gasteiger partial charge in [-0.25, -0.2) is 4.79 Å². The first-order valence-electron chi connectivity index (χ1n) is 6.63. The summed E-state index contributed by atoms with van der Waals surface area (Å²) in [6.07, 6.45) is 5.73. The maximum Gasteiger partial charge on any atom is 0.339 e. The zero-order chi connectivity index (χ0) is 13.5. The van der Waals surface area contributed by atoms with Crippen LogP contribution in [0.5, 0.6) is 5.75 Å². The van der Waals surface area contributed by atoms with E-state index in [1.165, 1.54) is 25.3 Å². The van der Waals surface area contributed by atoms with Gasteiger partial charge in [0.1, 0.15) is 11.3 Å². The van der Waals surface area contributed by atoms with Crippen LogP contribution in [0.1, 0.15) is 67.8 Å². The molecule has 0 heterocycles. The summed E-state index contributed by atoms with van der Waals surface area (Å²) in [7, 11) is 0. The summed E-state index contributed by atoms with van der Waals surface area (Å²) in [4.78, 5) is 10.9. The first kappa shape index (κ1) is 14.6. The normalized spacial score (nSPS) is 12.3. The van der Waals surface area contributed by atoms with Gasteiger partial charge >= 0.3 is 5.97 Å². The van der Waals surface area contributed by atoms with Crippen LogP contribution in [0.4, 0.5) is 0 Å². The summed E-state index contributed by atoms with van der Waals surface area (Å²) in [5.74, 6) is -0.957. The van der Waals surface area contributed by atoms with Gasteiger partial charge in [-0.05, 0) is 24.0 Å². The summed E-state index contributed by atoms with van der Waals surface area (Å²) < 4.78 is 0. The van der Waals surface area contributed by atoms with Crippen molar-refractivity contribution in [2.24, 2.45) is 0 Å². The number of carboxylic acids is 1. The Kier molecular flexibility index (Phi) is 5.69. The van der Waals surface area contributed by atoms with Crippen molar-refractivity contribution in [1.82, 2.24) is 0 Å². The van der Waals surface area contributed by atoms with Crippen molar-refractivity contribution in [3.8, 4) is 5.75 Å². The van der Waals surface area contributed by atoms with Gasteiger partial charge in [0.25, 0.3) is 0 Å². The molecule has 0 fully saturated rings. The fourth-order valence-corrected chi connectivity index (χ4v) is 2.16. The second-order valence-corrected chi connectivity index (χ2v) is 4.80. The fourth-order valence-electron chi connectivity index (χ4n) is 2.16. The van der Waals surface area contributed by atoms with E-state index < -0.39 is 5.97 Å². The molecular formula is C15H22O3. The predicted molar refractivity (Wildman–Crippen MR) is 72.2 cm³/mol. The molecule has 3 heteroatoms. The monoisotopic (exact) mass is 250 g/mol. The van der Waals surface area contributed by atoms with E-state index in [9.17, 15) is 9.90 Å². The lowest BCUT2D eigenvalue weighted by atomic mass is 9.92. The minimum absolute atomic E-state index is 0.00657. The Morgan fingerprint density at radius 3 is 2.61 bits per heavy atom. The Bertz CT molecular complexity index is 399. The summed E-state index contributed by atoms with van der Waals surface area (Å²) in [5.41, 5.74) is 0.735. The zero-order valence-corrected chi connectivity index (χ0v) is 11.1. The quantitative estimate of drug-likeness (QED) is 0.714. The number of hydrogen-bond acceptors (Lipinski definition) is 2. The van der Waals surface area contributed by atoms with E-state index in [1.807, 2.05) is 13.0 Å². The maximum absolute atomic E-state index is 10.9. The molecule has 3 nitrogen and oxygen atoms in total. The van der Waals surface area contributed by atoms with E-state index in [-0.39, 0.29) is 17.2 Å². The minimum atomic E-state index is -1.08. The summed E-state index contributed by atoms with van der Waals surface area (Å²) >= 11 is 0. The molecule has 0 amide bonds. The number of benzene rings is 1. The van der Waals surface area contributed by atoms with E-state index >= 15 is 0 Å². The van der Waals surface area contributed by atoms with Gasteiger partial charge in [0.15, 0.2) is 0 Å². The average Bonchev–Trinajstić information content (AvgIpc) is 2.34. The third-order valence-corrected chi connectivity index (χ3v) is 3.32. The molecule has 1 atom stereocenters. The van der Waals surface area contributed by atoms with Gasteiger partial charge in [0, 0.05) is 0 Å². The number of aromatic hydroxyl groups is 1. The number of carboxylic acid groups (broad SMARTS) is 1. The van der Waals surface area contributed by atoms with Gasteiger partial charge in [-0.2, -0.15) is 0 Å². The van der Waals surface area contributed by atoms with Crippen molar-refractivity contribution < 1.29 is 15.0 Å². The van der Waals surface area contributed by atoms with Crippen LogP contribution in [0.3, 0.4) is 0 Å². The van der Waals surface area contributed by atoms with Crippen LogP contribution < -0.4 is 0 Å².